The minimum absolute atomic E-state index is 0.0544. The second-order valence-electron chi connectivity index (χ2n) is 12.4. The van der Waals surface area contributed by atoms with Crippen LogP contribution in [0.4, 0.5) is 11.5 Å². The average molecular weight is 602 g/mol. The molecule has 2 atom stereocenters. The number of rotatable bonds is 8. The molecule has 0 aliphatic carbocycles. The highest BCUT2D eigenvalue weighted by Crippen LogP contribution is 2.35. The fraction of sp³-hybridized carbons (Fsp3) is 0.243. The number of benzene rings is 4. The maximum absolute atomic E-state index is 13.7. The molecular formula is C37H35N3O5. The zero-order chi connectivity index (χ0) is 31.9. The fourth-order valence-corrected chi connectivity index (χ4v) is 5.42. The number of amides is 3. The lowest BCUT2D eigenvalue weighted by Gasteiger charge is -2.22. The lowest BCUT2D eigenvalue weighted by atomic mass is 9.86. The Kier molecular flexibility index (Phi) is 7.85. The van der Waals surface area contributed by atoms with Gasteiger partial charge in [0.1, 0.15) is 0 Å². The predicted octanol–water partition coefficient (Wildman–Crippen LogP) is 8.09. The van der Waals surface area contributed by atoms with Crippen LogP contribution in [0, 0.1) is 0 Å². The van der Waals surface area contributed by atoms with Gasteiger partial charge in [0.15, 0.2) is 17.5 Å². The Hall–Kier alpha value is -5.08. The summed E-state index contributed by atoms with van der Waals surface area (Å²) >= 11 is 0. The molecule has 2 heterocycles. The number of aromatic nitrogens is 1. The van der Waals surface area contributed by atoms with E-state index in [9.17, 15) is 14.4 Å². The first-order valence-corrected chi connectivity index (χ1v) is 15.1. The van der Waals surface area contributed by atoms with E-state index in [1.165, 1.54) is 5.56 Å². The Morgan fingerprint density at radius 2 is 1.58 bits per heavy atom. The Balaban J connectivity index is 1.26. The highest BCUT2D eigenvalue weighted by Gasteiger charge is 2.39. The van der Waals surface area contributed by atoms with E-state index in [4.69, 9.17) is 9.26 Å². The van der Waals surface area contributed by atoms with Crippen LogP contribution in [0.1, 0.15) is 79.0 Å². The van der Waals surface area contributed by atoms with Crippen molar-refractivity contribution in [3.8, 4) is 11.1 Å². The van der Waals surface area contributed by atoms with Crippen molar-refractivity contribution in [3.63, 3.8) is 0 Å². The number of carbonyl (C=O) groups is 3. The molecule has 0 spiro atoms. The maximum Gasteiger partial charge on any atom is 0.267 e. The van der Waals surface area contributed by atoms with Gasteiger partial charge in [0.2, 0.25) is 0 Å². The molecular weight excluding hydrogens is 566 g/mol. The van der Waals surface area contributed by atoms with Crippen molar-refractivity contribution in [2.45, 2.75) is 58.7 Å². The van der Waals surface area contributed by atoms with E-state index >= 15 is 0 Å². The molecule has 5 aromatic rings. The van der Waals surface area contributed by atoms with Gasteiger partial charge in [-0.3, -0.25) is 14.4 Å². The van der Waals surface area contributed by atoms with E-state index in [1.54, 1.807) is 42.5 Å². The summed E-state index contributed by atoms with van der Waals surface area (Å²) in [5.74, 6) is -1.14. The minimum atomic E-state index is -0.868. The second-order valence-corrected chi connectivity index (χ2v) is 12.4. The number of imide groups is 1. The number of nitrogens with zero attached hydrogens (tertiary/aromatic N) is 2. The lowest BCUT2D eigenvalue weighted by molar-refractivity contribution is -0.131. The Morgan fingerprint density at radius 1 is 0.889 bits per heavy atom. The van der Waals surface area contributed by atoms with Gasteiger partial charge in [0.25, 0.3) is 17.7 Å². The molecule has 228 valence electrons. The molecule has 8 nitrogen and oxygen atoms in total. The van der Waals surface area contributed by atoms with E-state index in [0.717, 1.165) is 28.0 Å². The van der Waals surface area contributed by atoms with Crippen LogP contribution in [-0.2, 0) is 14.9 Å². The summed E-state index contributed by atoms with van der Waals surface area (Å²) in [5, 5.41) is 7.47. The van der Waals surface area contributed by atoms with Crippen LogP contribution in [0.25, 0.3) is 22.1 Å². The number of nitrogens with one attached hydrogen (secondary N) is 1. The first kappa shape index (κ1) is 30.0. The van der Waals surface area contributed by atoms with Crippen molar-refractivity contribution in [2.24, 2.45) is 0 Å². The number of anilines is 2. The molecule has 1 aromatic heterocycles. The molecule has 8 heteroatoms. The Labute approximate surface area is 262 Å². The first-order chi connectivity index (χ1) is 21.5. The number of hydrogen-bond donors (Lipinski definition) is 1. The monoisotopic (exact) mass is 601 g/mol. The van der Waals surface area contributed by atoms with Gasteiger partial charge < -0.3 is 14.6 Å². The molecule has 45 heavy (non-hydrogen) atoms. The lowest BCUT2D eigenvalue weighted by Crippen LogP contribution is -2.29. The van der Waals surface area contributed by atoms with Crippen molar-refractivity contribution < 1.29 is 23.6 Å². The van der Waals surface area contributed by atoms with Crippen molar-refractivity contribution in [3.05, 3.63) is 113 Å². The van der Waals surface area contributed by atoms with Gasteiger partial charge in [-0.05, 0) is 71.3 Å². The predicted molar refractivity (Wildman–Crippen MR) is 174 cm³/mol. The highest BCUT2D eigenvalue weighted by atomic mass is 16.5. The summed E-state index contributed by atoms with van der Waals surface area (Å²) < 4.78 is 11.8. The van der Waals surface area contributed by atoms with Crippen LogP contribution in [0.15, 0.2) is 95.5 Å². The summed E-state index contributed by atoms with van der Waals surface area (Å²) in [5.41, 5.74) is 5.50. The van der Waals surface area contributed by atoms with Gasteiger partial charge >= 0.3 is 0 Å². The van der Waals surface area contributed by atoms with Crippen LogP contribution in [-0.4, -0.2) is 29.0 Å². The van der Waals surface area contributed by atoms with Crippen LogP contribution in [0.5, 0.6) is 0 Å². The van der Waals surface area contributed by atoms with Crippen molar-refractivity contribution in [1.82, 2.24) is 5.16 Å². The minimum Gasteiger partial charge on any atom is -0.361 e. The normalized spacial score (nSPS) is 14.5. The highest BCUT2D eigenvalue weighted by molar-refractivity contribution is 6.35. The van der Waals surface area contributed by atoms with Gasteiger partial charge in [-0.25, -0.2) is 4.90 Å². The van der Waals surface area contributed by atoms with Crippen LogP contribution in [0.2, 0.25) is 0 Å². The van der Waals surface area contributed by atoms with Gasteiger partial charge in [0, 0.05) is 11.8 Å². The molecule has 1 aliphatic heterocycles. The molecule has 2 unspecified atom stereocenters. The molecule has 1 N–H and O–H groups in total. The van der Waals surface area contributed by atoms with E-state index in [1.807, 2.05) is 38.1 Å². The van der Waals surface area contributed by atoms with Crippen molar-refractivity contribution in [1.29, 1.82) is 0 Å². The van der Waals surface area contributed by atoms with E-state index in [0.29, 0.717) is 27.8 Å². The molecule has 6 rings (SSSR count). The van der Waals surface area contributed by atoms with Crippen molar-refractivity contribution in [2.75, 3.05) is 10.2 Å². The zero-order valence-electron chi connectivity index (χ0n) is 26.0. The smallest absolute Gasteiger partial charge is 0.267 e. The molecule has 0 saturated heterocycles. The molecule has 4 aromatic carbocycles. The second kappa shape index (κ2) is 11.8. The van der Waals surface area contributed by atoms with Crippen LogP contribution >= 0.6 is 0 Å². The first-order valence-electron chi connectivity index (χ1n) is 15.1. The Bertz CT molecular complexity index is 1880. The van der Waals surface area contributed by atoms with Gasteiger partial charge in [-0.2, -0.15) is 0 Å². The van der Waals surface area contributed by atoms with Crippen LogP contribution < -0.4 is 10.2 Å². The standard InChI is InChI=1S/C37H35N3O5/c1-6-22(2)44-32(25-11-9-10-24(20-25)23-14-16-26(17-15-23)37(3,4)5)34(41)38-27-18-19-30-31(21-27)45-39-33(30)40-35(42)28-12-7-8-13-29(28)36(40)43/h7-22,32H,6H2,1-5H3,(H,38,41). The molecule has 1 aliphatic rings. The third-order valence-corrected chi connectivity index (χ3v) is 8.18. The Morgan fingerprint density at radius 3 is 2.22 bits per heavy atom. The average Bonchev–Trinajstić information content (AvgIpc) is 3.56. The third-order valence-electron chi connectivity index (χ3n) is 8.18. The fourth-order valence-electron chi connectivity index (χ4n) is 5.42. The van der Waals surface area contributed by atoms with Crippen LogP contribution in [0.3, 0.4) is 0 Å². The molecule has 0 saturated carbocycles. The molecule has 3 amide bonds. The summed E-state index contributed by atoms with van der Waals surface area (Å²) in [7, 11) is 0. The van der Waals surface area contributed by atoms with Gasteiger partial charge in [-0.1, -0.05) is 87.4 Å². The topological polar surface area (TPSA) is 102 Å². The SMILES string of the molecule is CCC(C)OC(C(=O)Nc1ccc2c(N3C(=O)c4ccccc4C3=O)noc2c1)c1cccc(-c2ccc(C(C)(C)C)cc2)c1. The maximum atomic E-state index is 13.7. The van der Waals surface area contributed by atoms with E-state index in [2.05, 4.69) is 55.5 Å². The number of hydrogen-bond acceptors (Lipinski definition) is 6. The van der Waals surface area contributed by atoms with Gasteiger partial charge in [-0.15, -0.1) is 0 Å². The number of fused-ring (bicyclic) bond motifs is 2. The summed E-state index contributed by atoms with van der Waals surface area (Å²) in [6, 6.07) is 28.0. The zero-order valence-corrected chi connectivity index (χ0v) is 26.0. The van der Waals surface area contributed by atoms with E-state index in [-0.39, 0.29) is 23.2 Å². The quantitative estimate of drug-likeness (QED) is 0.180. The third kappa shape index (κ3) is 5.77. The summed E-state index contributed by atoms with van der Waals surface area (Å²) in [6.45, 7) is 10.5. The molecule has 0 bridgehead atoms. The van der Waals surface area contributed by atoms with Crippen molar-refractivity contribution >= 4 is 40.2 Å². The largest absolute Gasteiger partial charge is 0.361 e. The molecule has 0 fully saturated rings. The summed E-state index contributed by atoms with van der Waals surface area (Å²) in [6.07, 6.45) is -0.287. The number of ether oxygens (including phenoxy) is 1. The van der Waals surface area contributed by atoms with Gasteiger partial charge in [0.05, 0.1) is 22.6 Å². The van der Waals surface area contributed by atoms with E-state index < -0.39 is 17.9 Å². The number of carbonyl (C=O) groups excluding carboxylic acids is 3. The molecule has 0 radical (unpaired) electrons. The summed E-state index contributed by atoms with van der Waals surface area (Å²) in [4.78, 5) is 40.8.